The third-order valence-corrected chi connectivity index (χ3v) is 5.60. The van der Waals surface area contributed by atoms with Crippen LogP contribution in [0.5, 0.6) is 5.75 Å². The minimum Gasteiger partial charge on any atom is -0.479 e. The van der Waals surface area contributed by atoms with Gasteiger partial charge in [-0.25, -0.2) is 4.98 Å². The molecule has 0 saturated heterocycles. The van der Waals surface area contributed by atoms with Crippen molar-refractivity contribution in [2.24, 2.45) is 0 Å². The fourth-order valence-electron chi connectivity index (χ4n) is 2.23. The van der Waals surface area contributed by atoms with Crippen molar-refractivity contribution in [1.29, 1.82) is 5.26 Å². The summed E-state index contributed by atoms with van der Waals surface area (Å²) in [6.45, 7) is 1.99. The Morgan fingerprint density at radius 2 is 2.00 bits per heavy atom. The van der Waals surface area contributed by atoms with Crippen LogP contribution in [-0.2, 0) is 4.79 Å². The molecule has 0 radical (unpaired) electrons. The summed E-state index contributed by atoms with van der Waals surface area (Å²) >= 11 is 3.22. The van der Waals surface area contributed by atoms with E-state index in [2.05, 4.69) is 10.3 Å². The summed E-state index contributed by atoms with van der Waals surface area (Å²) in [5, 5.41) is 13.4. The fraction of sp³-hybridized carbons (Fsp3) is 0.0952. The quantitative estimate of drug-likeness (QED) is 0.548. The molecular formula is C21H17N3O2S2. The molecule has 0 bridgehead atoms. The smallest absolute Gasteiger partial charge is 0.248 e. The van der Waals surface area contributed by atoms with E-state index in [9.17, 15) is 4.79 Å². The molecule has 7 heteroatoms. The van der Waals surface area contributed by atoms with Crippen molar-refractivity contribution in [1.82, 2.24) is 4.98 Å². The van der Waals surface area contributed by atoms with Gasteiger partial charge in [-0.05, 0) is 55.0 Å². The fourth-order valence-corrected chi connectivity index (χ4v) is 4.04. The van der Waals surface area contributed by atoms with Gasteiger partial charge in [0, 0.05) is 27.7 Å². The molecular weight excluding hydrogens is 390 g/mol. The van der Waals surface area contributed by atoms with Crippen molar-refractivity contribution >= 4 is 40.8 Å². The third kappa shape index (κ3) is 5.98. The lowest BCUT2D eigenvalue weighted by Crippen LogP contribution is -2.07. The molecule has 0 saturated carbocycles. The molecule has 28 heavy (non-hydrogen) atoms. The average Bonchev–Trinajstić information content (AvgIpc) is 3.12. The van der Waals surface area contributed by atoms with Gasteiger partial charge in [0.25, 0.3) is 0 Å². The predicted molar refractivity (Wildman–Crippen MR) is 113 cm³/mol. The lowest BCUT2D eigenvalue weighted by atomic mass is 10.2. The molecule has 0 aliphatic rings. The van der Waals surface area contributed by atoms with Gasteiger partial charge >= 0.3 is 0 Å². The monoisotopic (exact) mass is 407 g/mol. The number of nitriles is 1. The van der Waals surface area contributed by atoms with Crippen molar-refractivity contribution < 1.29 is 9.53 Å². The van der Waals surface area contributed by atoms with Crippen LogP contribution in [0.2, 0.25) is 0 Å². The van der Waals surface area contributed by atoms with E-state index < -0.39 is 0 Å². The summed E-state index contributed by atoms with van der Waals surface area (Å²) in [5.74, 6) is 0.412. The molecule has 0 atom stereocenters. The number of hydrogen-bond acceptors (Lipinski definition) is 6. The second kappa shape index (κ2) is 9.74. The van der Waals surface area contributed by atoms with Crippen molar-refractivity contribution in [3.63, 3.8) is 0 Å². The van der Waals surface area contributed by atoms with Crippen molar-refractivity contribution in [3.05, 3.63) is 71.2 Å². The molecule has 0 unspecified atom stereocenters. The topological polar surface area (TPSA) is 75.0 Å². The number of carbonyl (C=O) groups is 1. The van der Waals surface area contributed by atoms with Gasteiger partial charge in [-0.2, -0.15) is 5.26 Å². The standard InChI is InChI=1S/C21H17N3O2S2/c1-15-14-27-21(23-15)28-19-9-5-17(6-10-19)24-20(25)11-4-16-2-7-18(8-3-16)26-13-12-22/h2-11,14H,13H2,1H3,(H,24,25). The molecule has 0 fully saturated rings. The second-order valence-corrected chi connectivity index (χ2v) is 7.90. The first-order valence-electron chi connectivity index (χ1n) is 8.41. The van der Waals surface area contributed by atoms with Crippen molar-refractivity contribution in [2.75, 3.05) is 11.9 Å². The first-order valence-corrected chi connectivity index (χ1v) is 10.1. The first kappa shape index (κ1) is 19.7. The number of amides is 1. The molecule has 0 spiro atoms. The highest BCUT2D eigenvalue weighted by molar-refractivity contribution is 8.01. The molecule has 5 nitrogen and oxygen atoms in total. The highest BCUT2D eigenvalue weighted by Crippen LogP contribution is 2.30. The minimum atomic E-state index is -0.208. The van der Waals surface area contributed by atoms with Gasteiger partial charge in [-0.1, -0.05) is 23.9 Å². The number of ether oxygens (including phenoxy) is 1. The normalized spacial score (nSPS) is 10.6. The van der Waals surface area contributed by atoms with Gasteiger partial charge in [0.05, 0.1) is 0 Å². The number of rotatable bonds is 7. The summed E-state index contributed by atoms with van der Waals surface area (Å²) in [6.07, 6.45) is 3.20. The van der Waals surface area contributed by atoms with Gasteiger partial charge in [0.2, 0.25) is 5.91 Å². The van der Waals surface area contributed by atoms with Crippen LogP contribution in [0.4, 0.5) is 5.69 Å². The Kier molecular flexibility index (Phi) is 6.84. The van der Waals surface area contributed by atoms with Gasteiger partial charge in [-0.15, -0.1) is 11.3 Å². The largest absolute Gasteiger partial charge is 0.479 e. The summed E-state index contributed by atoms with van der Waals surface area (Å²) < 4.78 is 6.19. The molecule has 1 amide bonds. The van der Waals surface area contributed by atoms with Gasteiger partial charge in [-0.3, -0.25) is 4.79 Å². The number of nitrogens with zero attached hydrogens (tertiary/aromatic N) is 2. The maximum absolute atomic E-state index is 12.1. The zero-order valence-corrected chi connectivity index (χ0v) is 16.7. The van der Waals surface area contributed by atoms with Crippen molar-refractivity contribution in [2.45, 2.75) is 16.2 Å². The first-order chi connectivity index (χ1) is 13.6. The average molecular weight is 408 g/mol. The van der Waals surface area contributed by atoms with Crippen LogP contribution in [-0.4, -0.2) is 17.5 Å². The van der Waals surface area contributed by atoms with E-state index in [-0.39, 0.29) is 12.5 Å². The molecule has 2 aromatic carbocycles. The molecule has 1 N–H and O–H groups in total. The maximum Gasteiger partial charge on any atom is 0.248 e. The number of hydrogen-bond donors (Lipinski definition) is 1. The van der Waals surface area contributed by atoms with E-state index in [1.54, 1.807) is 41.3 Å². The van der Waals surface area contributed by atoms with E-state index in [1.807, 2.05) is 54.8 Å². The van der Waals surface area contributed by atoms with Crippen LogP contribution in [0.25, 0.3) is 6.08 Å². The lowest BCUT2D eigenvalue weighted by Gasteiger charge is -2.04. The van der Waals surface area contributed by atoms with Crippen molar-refractivity contribution in [3.8, 4) is 11.8 Å². The number of benzene rings is 2. The maximum atomic E-state index is 12.1. The zero-order chi connectivity index (χ0) is 19.8. The molecule has 3 rings (SSSR count). The lowest BCUT2D eigenvalue weighted by molar-refractivity contribution is -0.111. The Bertz CT molecular complexity index is 1000. The molecule has 0 aliphatic carbocycles. The summed E-state index contributed by atoms with van der Waals surface area (Å²) in [7, 11) is 0. The number of anilines is 1. The highest BCUT2D eigenvalue weighted by atomic mass is 32.2. The molecule has 140 valence electrons. The molecule has 3 aromatic rings. The van der Waals surface area contributed by atoms with E-state index in [4.69, 9.17) is 10.00 Å². The number of thiazole rings is 1. The predicted octanol–water partition coefficient (Wildman–Crippen LogP) is 5.16. The second-order valence-electron chi connectivity index (χ2n) is 5.72. The van der Waals surface area contributed by atoms with E-state index in [0.29, 0.717) is 5.75 Å². The summed E-state index contributed by atoms with van der Waals surface area (Å²) in [4.78, 5) is 17.6. The summed E-state index contributed by atoms with van der Waals surface area (Å²) in [5.41, 5.74) is 2.62. The van der Waals surface area contributed by atoms with E-state index in [1.165, 1.54) is 6.08 Å². The minimum absolute atomic E-state index is 0.0123. The Morgan fingerprint density at radius 1 is 1.25 bits per heavy atom. The van der Waals surface area contributed by atoms with Gasteiger partial charge in [0.1, 0.15) is 11.8 Å². The Hall–Kier alpha value is -3.08. The van der Waals surface area contributed by atoms with E-state index in [0.717, 1.165) is 26.2 Å². The number of aromatic nitrogens is 1. The zero-order valence-electron chi connectivity index (χ0n) is 15.1. The number of nitrogens with one attached hydrogen (secondary N) is 1. The van der Waals surface area contributed by atoms with Crippen LogP contribution in [0.15, 0.2) is 69.2 Å². The molecule has 0 aliphatic heterocycles. The van der Waals surface area contributed by atoms with Gasteiger partial charge in [0.15, 0.2) is 10.9 Å². The van der Waals surface area contributed by atoms with E-state index >= 15 is 0 Å². The molecule has 1 aromatic heterocycles. The Labute approximate surface area is 171 Å². The SMILES string of the molecule is Cc1csc(Sc2ccc(NC(=O)C=Cc3ccc(OCC#N)cc3)cc2)n1. The van der Waals surface area contributed by atoms with Crippen LogP contribution in [0.3, 0.4) is 0 Å². The third-order valence-electron chi connectivity index (χ3n) is 3.54. The highest BCUT2D eigenvalue weighted by Gasteiger charge is 2.03. The number of aryl methyl sites for hydroxylation is 1. The van der Waals surface area contributed by atoms with Crippen LogP contribution < -0.4 is 10.1 Å². The van der Waals surface area contributed by atoms with Gasteiger partial charge < -0.3 is 10.1 Å². The molecule has 1 heterocycles. The van der Waals surface area contributed by atoms with Crippen LogP contribution in [0.1, 0.15) is 11.3 Å². The van der Waals surface area contributed by atoms with Crippen LogP contribution >= 0.6 is 23.1 Å². The Morgan fingerprint density at radius 3 is 2.64 bits per heavy atom. The van der Waals surface area contributed by atoms with Crippen LogP contribution in [0, 0.1) is 18.3 Å². The number of carbonyl (C=O) groups excluding carboxylic acids is 1. The Balaban J connectivity index is 1.52. The summed E-state index contributed by atoms with van der Waals surface area (Å²) in [6, 6.07) is 16.7.